The molecular weight excluding hydrogens is 314 g/mol. The van der Waals surface area contributed by atoms with Crippen molar-refractivity contribution in [2.75, 3.05) is 19.7 Å². The Kier molecular flexibility index (Phi) is 4.88. The van der Waals surface area contributed by atoms with Gasteiger partial charge in [-0.05, 0) is 43.2 Å². The second-order valence-electron chi connectivity index (χ2n) is 7.32. The third-order valence-electron chi connectivity index (χ3n) is 5.30. The summed E-state index contributed by atoms with van der Waals surface area (Å²) in [4.78, 5) is 14.6. The van der Waals surface area contributed by atoms with Crippen LogP contribution in [0, 0.1) is 11.8 Å². The quantitative estimate of drug-likeness (QED) is 0.804. The molecule has 2 atom stereocenters. The van der Waals surface area contributed by atoms with Crippen LogP contribution in [0.2, 0.25) is 0 Å². The highest BCUT2D eigenvalue weighted by Crippen LogP contribution is 2.32. The molecule has 1 aromatic heterocycles. The van der Waals surface area contributed by atoms with Crippen molar-refractivity contribution in [1.29, 1.82) is 0 Å². The van der Waals surface area contributed by atoms with E-state index in [0.29, 0.717) is 11.5 Å². The highest BCUT2D eigenvalue weighted by Gasteiger charge is 2.34. The van der Waals surface area contributed by atoms with Crippen LogP contribution in [0.3, 0.4) is 0 Å². The molecule has 1 saturated heterocycles. The molecule has 4 rings (SSSR count). The Morgan fingerprint density at radius 1 is 1.16 bits per heavy atom. The zero-order valence-corrected chi connectivity index (χ0v) is 14.5. The van der Waals surface area contributed by atoms with Crippen LogP contribution in [0.25, 0.3) is 0 Å². The highest BCUT2D eigenvalue weighted by atomic mass is 16.5. The predicted octanol–water partition coefficient (Wildman–Crippen LogP) is 3.78. The minimum absolute atomic E-state index is 0.0625. The van der Waals surface area contributed by atoms with E-state index >= 15 is 0 Å². The van der Waals surface area contributed by atoms with Crippen molar-refractivity contribution in [2.24, 2.45) is 11.8 Å². The minimum Gasteiger partial charge on any atom is -0.472 e. The predicted molar refractivity (Wildman–Crippen MR) is 95.3 cm³/mol. The first kappa shape index (κ1) is 16.4. The molecule has 0 N–H and O–H groups in total. The van der Waals surface area contributed by atoms with Gasteiger partial charge in [-0.1, -0.05) is 30.3 Å². The van der Waals surface area contributed by atoms with E-state index in [1.54, 1.807) is 12.3 Å². The molecule has 0 radical (unpaired) electrons. The Balaban J connectivity index is 1.45. The second-order valence-corrected chi connectivity index (χ2v) is 7.32. The van der Waals surface area contributed by atoms with Gasteiger partial charge in [-0.15, -0.1) is 0 Å². The summed E-state index contributed by atoms with van der Waals surface area (Å²) in [5.41, 5.74) is 1.95. The summed E-state index contributed by atoms with van der Waals surface area (Å²) >= 11 is 0. The van der Waals surface area contributed by atoms with Gasteiger partial charge in [0.2, 0.25) is 0 Å². The Morgan fingerprint density at radius 3 is 2.72 bits per heavy atom. The summed E-state index contributed by atoms with van der Waals surface area (Å²) in [6, 6.07) is 12.3. The summed E-state index contributed by atoms with van der Waals surface area (Å²) in [6.45, 7) is 2.38. The number of hydrogen-bond donors (Lipinski definition) is 0. The molecule has 132 valence electrons. The lowest BCUT2D eigenvalue weighted by Crippen LogP contribution is -2.47. The molecule has 1 aromatic carbocycles. The zero-order chi connectivity index (χ0) is 17.1. The number of nitrogens with zero attached hydrogens (tertiary/aromatic N) is 1. The van der Waals surface area contributed by atoms with Crippen molar-refractivity contribution in [2.45, 2.75) is 31.8 Å². The van der Waals surface area contributed by atoms with Gasteiger partial charge in [0.15, 0.2) is 0 Å². The van der Waals surface area contributed by atoms with Gasteiger partial charge in [-0.2, -0.15) is 0 Å². The third kappa shape index (κ3) is 4.13. The Morgan fingerprint density at radius 2 is 2.00 bits per heavy atom. The number of furan rings is 1. The van der Waals surface area contributed by atoms with Gasteiger partial charge in [-0.25, -0.2) is 0 Å². The van der Waals surface area contributed by atoms with Crippen molar-refractivity contribution in [1.82, 2.24) is 4.90 Å². The van der Waals surface area contributed by atoms with E-state index in [9.17, 15) is 4.79 Å². The van der Waals surface area contributed by atoms with Crippen molar-refractivity contribution in [3.05, 3.63) is 60.1 Å². The van der Waals surface area contributed by atoms with Crippen molar-refractivity contribution in [3.8, 4) is 0 Å². The van der Waals surface area contributed by atoms with E-state index in [0.717, 1.165) is 38.5 Å². The molecule has 0 bridgehead atoms. The number of amides is 1. The fourth-order valence-electron chi connectivity index (χ4n) is 3.64. The third-order valence-corrected chi connectivity index (χ3v) is 5.30. The number of rotatable bonds is 6. The lowest BCUT2D eigenvalue weighted by Gasteiger charge is -2.38. The Hall–Kier alpha value is -2.07. The first-order chi connectivity index (χ1) is 12.3. The fourth-order valence-corrected chi connectivity index (χ4v) is 3.64. The van der Waals surface area contributed by atoms with Crippen LogP contribution in [0.15, 0.2) is 53.3 Å². The first-order valence-electron chi connectivity index (χ1n) is 9.26. The van der Waals surface area contributed by atoms with E-state index in [4.69, 9.17) is 9.15 Å². The van der Waals surface area contributed by atoms with E-state index in [-0.39, 0.29) is 12.0 Å². The van der Waals surface area contributed by atoms with Gasteiger partial charge >= 0.3 is 0 Å². The molecule has 1 aliphatic carbocycles. The van der Waals surface area contributed by atoms with Crippen LogP contribution in [0.1, 0.15) is 35.2 Å². The van der Waals surface area contributed by atoms with Gasteiger partial charge in [0.05, 0.1) is 17.9 Å². The number of carbonyl (C=O) groups is 1. The van der Waals surface area contributed by atoms with Gasteiger partial charge in [0.1, 0.15) is 6.26 Å². The maximum absolute atomic E-state index is 12.7. The topological polar surface area (TPSA) is 42.7 Å². The molecule has 1 aliphatic heterocycles. The molecule has 2 heterocycles. The molecule has 25 heavy (non-hydrogen) atoms. The summed E-state index contributed by atoms with van der Waals surface area (Å²) in [5.74, 6) is 1.17. The number of ether oxygens (including phenoxy) is 1. The van der Waals surface area contributed by atoms with Crippen LogP contribution >= 0.6 is 0 Å². The molecule has 4 heteroatoms. The number of benzene rings is 1. The monoisotopic (exact) mass is 339 g/mol. The van der Waals surface area contributed by atoms with Crippen LogP contribution in [-0.2, 0) is 11.2 Å². The summed E-state index contributed by atoms with van der Waals surface area (Å²) in [5, 5.41) is 0. The Labute approximate surface area is 148 Å². The van der Waals surface area contributed by atoms with Crippen molar-refractivity contribution in [3.63, 3.8) is 0 Å². The molecule has 2 aromatic rings. The standard InChI is InChI=1S/C21H25NO3/c23-21(18-9-11-24-15-18)22-10-8-20(25-14-17-6-7-17)19(13-22)12-16-4-2-1-3-5-16/h1-5,9,11,15,17,19-20H,6-8,10,12-14H2/t19-,20+/m0/s1. The van der Waals surface area contributed by atoms with Crippen LogP contribution in [0.5, 0.6) is 0 Å². The number of carbonyl (C=O) groups excluding carboxylic acids is 1. The lowest BCUT2D eigenvalue weighted by atomic mass is 9.88. The van der Waals surface area contributed by atoms with E-state index in [1.165, 1.54) is 24.7 Å². The summed E-state index contributed by atoms with van der Waals surface area (Å²) < 4.78 is 11.3. The van der Waals surface area contributed by atoms with Gasteiger partial charge in [-0.3, -0.25) is 4.79 Å². The minimum atomic E-state index is 0.0625. The molecule has 4 nitrogen and oxygen atoms in total. The van der Waals surface area contributed by atoms with Gasteiger partial charge < -0.3 is 14.1 Å². The largest absolute Gasteiger partial charge is 0.472 e. The zero-order valence-electron chi connectivity index (χ0n) is 14.5. The molecule has 1 amide bonds. The van der Waals surface area contributed by atoms with Crippen LogP contribution in [0.4, 0.5) is 0 Å². The summed E-state index contributed by atoms with van der Waals surface area (Å²) in [7, 11) is 0. The lowest BCUT2D eigenvalue weighted by molar-refractivity contribution is -0.0326. The van der Waals surface area contributed by atoms with Crippen LogP contribution in [-0.4, -0.2) is 36.6 Å². The molecule has 1 saturated carbocycles. The molecular formula is C21H25NO3. The number of piperidine rings is 1. The molecule has 2 fully saturated rings. The van der Waals surface area contributed by atoms with Crippen molar-refractivity contribution >= 4 is 5.91 Å². The maximum Gasteiger partial charge on any atom is 0.257 e. The number of likely N-dealkylation sites (tertiary alicyclic amines) is 1. The van der Waals surface area contributed by atoms with Gasteiger partial charge in [0, 0.05) is 25.6 Å². The normalized spacial score (nSPS) is 23.6. The van der Waals surface area contributed by atoms with E-state index < -0.39 is 0 Å². The van der Waals surface area contributed by atoms with Gasteiger partial charge in [0.25, 0.3) is 5.91 Å². The average Bonchev–Trinajstić information content (AvgIpc) is 3.31. The molecule has 0 spiro atoms. The molecule has 0 unspecified atom stereocenters. The molecule has 2 aliphatic rings. The fraction of sp³-hybridized carbons (Fsp3) is 0.476. The van der Waals surface area contributed by atoms with Crippen LogP contribution < -0.4 is 0 Å². The Bertz CT molecular complexity index is 678. The average molecular weight is 339 g/mol. The smallest absolute Gasteiger partial charge is 0.257 e. The van der Waals surface area contributed by atoms with Crippen molar-refractivity contribution < 1.29 is 13.9 Å². The number of hydrogen-bond acceptors (Lipinski definition) is 3. The second kappa shape index (κ2) is 7.44. The first-order valence-corrected chi connectivity index (χ1v) is 9.26. The highest BCUT2D eigenvalue weighted by molar-refractivity contribution is 5.93. The maximum atomic E-state index is 12.7. The summed E-state index contributed by atoms with van der Waals surface area (Å²) in [6.07, 6.45) is 7.81. The van der Waals surface area contributed by atoms with E-state index in [2.05, 4.69) is 24.3 Å². The van der Waals surface area contributed by atoms with E-state index in [1.807, 2.05) is 11.0 Å². The SMILES string of the molecule is O=C(c1ccoc1)N1CC[C@@H](OCC2CC2)[C@@H](Cc2ccccc2)C1.